The van der Waals surface area contributed by atoms with Crippen LogP contribution in [0.3, 0.4) is 0 Å². The summed E-state index contributed by atoms with van der Waals surface area (Å²) in [5.74, 6) is 1.46. The van der Waals surface area contributed by atoms with E-state index in [0.717, 1.165) is 11.1 Å². The second-order valence-corrected chi connectivity index (χ2v) is 9.25. The first kappa shape index (κ1) is 21.6. The standard InChI is InChI=1S/C25H24N2O4S/c1-18-13-15-20(16-14-18)25-26-22(19(2)31-25)17-27(23-11-7-8-12-24(23)30-3)32(28,29)21-9-5-4-6-10-21/h4-16H,17H2,1-3H3. The smallest absolute Gasteiger partial charge is 0.264 e. The van der Waals surface area contributed by atoms with E-state index in [1.807, 2.05) is 31.2 Å². The predicted molar refractivity (Wildman–Crippen MR) is 124 cm³/mol. The average molecular weight is 449 g/mol. The summed E-state index contributed by atoms with van der Waals surface area (Å²) >= 11 is 0. The molecular formula is C25H24N2O4S. The molecule has 7 heteroatoms. The van der Waals surface area contributed by atoms with E-state index in [2.05, 4.69) is 4.98 Å². The van der Waals surface area contributed by atoms with Crippen LogP contribution in [0.2, 0.25) is 0 Å². The van der Waals surface area contributed by atoms with Gasteiger partial charge in [0.1, 0.15) is 17.2 Å². The first-order valence-electron chi connectivity index (χ1n) is 10.1. The highest BCUT2D eigenvalue weighted by Crippen LogP contribution is 2.34. The lowest BCUT2D eigenvalue weighted by Crippen LogP contribution is -2.31. The third-order valence-corrected chi connectivity index (χ3v) is 6.94. The van der Waals surface area contributed by atoms with Crippen LogP contribution < -0.4 is 9.04 Å². The summed E-state index contributed by atoms with van der Waals surface area (Å²) in [6, 6.07) is 23.2. The quantitative estimate of drug-likeness (QED) is 0.380. The highest BCUT2D eigenvalue weighted by Gasteiger charge is 2.29. The summed E-state index contributed by atoms with van der Waals surface area (Å²) in [7, 11) is -2.37. The van der Waals surface area contributed by atoms with Gasteiger partial charge in [0, 0.05) is 5.56 Å². The number of sulfonamides is 1. The molecule has 3 aromatic carbocycles. The highest BCUT2D eigenvalue weighted by atomic mass is 32.2. The Kier molecular flexibility index (Phi) is 6.01. The molecule has 0 unspecified atom stereocenters. The Morgan fingerprint density at radius 1 is 0.906 bits per heavy atom. The normalized spacial score (nSPS) is 11.3. The van der Waals surface area contributed by atoms with Crippen LogP contribution in [0.1, 0.15) is 17.0 Å². The van der Waals surface area contributed by atoms with Crippen LogP contribution in [0, 0.1) is 13.8 Å². The van der Waals surface area contributed by atoms with Crippen molar-refractivity contribution < 1.29 is 17.6 Å². The Balaban J connectivity index is 1.79. The maximum absolute atomic E-state index is 13.6. The Hall–Kier alpha value is -3.58. The maximum Gasteiger partial charge on any atom is 0.264 e. The third-order valence-electron chi connectivity index (χ3n) is 5.17. The number of anilines is 1. The Morgan fingerprint density at radius 2 is 1.56 bits per heavy atom. The number of nitrogens with zero attached hydrogens (tertiary/aromatic N) is 2. The van der Waals surface area contributed by atoms with Crippen LogP contribution in [0.25, 0.3) is 11.5 Å². The number of benzene rings is 3. The molecule has 4 rings (SSSR count). The van der Waals surface area contributed by atoms with Gasteiger partial charge >= 0.3 is 0 Å². The van der Waals surface area contributed by atoms with Crippen molar-refractivity contribution in [2.24, 2.45) is 0 Å². The fraction of sp³-hybridized carbons (Fsp3) is 0.160. The van der Waals surface area contributed by atoms with E-state index in [0.29, 0.717) is 28.8 Å². The Morgan fingerprint density at radius 3 is 2.25 bits per heavy atom. The van der Waals surface area contributed by atoms with Gasteiger partial charge < -0.3 is 9.15 Å². The molecule has 0 aliphatic heterocycles. The molecule has 0 radical (unpaired) electrons. The minimum atomic E-state index is -3.89. The number of ether oxygens (including phenoxy) is 1. The van der Waals surface area contributed by atoms with E-state index in [1.165, 1.54) is 11.4 Å². The van der Waals surface area contributed by atoms with E-state index in [9.17, 15) is 8.42 Å². The predicted octanol–water partition coefficient (Wildman–Crippen LogP) is 5.36. The third kappa shape index (κ3) is 4.24. The summed E-state index contributed by atoms with van der Waals surface area (Å²) in [5.41, 5.74) is 2.93. The maximum atomic E-state index is 13.6. The summed E-state index contributed by atoms with van der Waals surface area (Å²) in [4.78, 5) is 4.81. The SMILES string of the molecule is COc1ccccc1N(Cc1nc(-c2ccc(C)cc2)oc1C)S(=O)(=O)c1ccccc1. The Bertz CT molecular complexity index is 1310. The van der Waals surface area contributed by atoms with E-state index in [4.69, 9.17) is 9.15 Å². The van der Waals surface area contributed by atoms with Crippen molar-refractivity contribution in [1.29, 1.82) is 0 Å². The highest BCUT2D eigenvalue weighted by molar-refractivity contribution is 7.92. The van der Waals surface area contributed by atoms with Gasteiger partial charge in [-0.3, -0.25) is 4.31 Å². The minimum absolute atomic E-state index is 0.00119. The first-order chi connectivity index (χ1) is 15.4. The van der Waals surface area contributed by atoms with E-state index in [1.54, 1.807) is 61.5 Å². The minimum Gasteiger partial charge on any atom is -0.495 e. The molecule has 0 fully saturated rings. The first-order valence-corrected chi connectivity index (χ1v) is 11.6. The molecule has 0 amide bonds. The van der Waals surface area contributed by atoms with Gasteiger partial charge in [0.25, 0.3) is 10.0 Å². The van der Waals surface area contributed by atoms with E-state index < -0.39 is 10.0 Å². The van der Waals surface area contributed by atoms with Gasteiger partial charge in [-0.1, -0.05) is 48.0 Å². The molecule has 0 saturated heterocycles. The molecule has 6 nitrogen and oxygen atoms in total. The number of aryl methyl sites for hydroxylation is 2. The lowest BCUT2D eigenvalue weighted by Gasteiger charge is -2.25. The largest absolute Gasteiger partial charge is 0.495 e. The molecule has 0 atom stereocenters. The lowest BCUT2D eigenvalue weighted by molar-refractivity contribution is 0.415. The zero-order chi connectivity index (χ0) is 22.7. The Labute approximate surface area is 188 Å². The fourth-order valence-electron chi connectivity index (χ4n) is 3.39. The van der Waals surface area contributed by atoms with Gasteiger partial charge in [-0.2, -0.15) is 0 Å². The van der Waals surface area contributed by atoms with Crippen LogP contribution in [0.4, 0.5) is 5.69 Å². The molecule has 4 aromatic rings. The van der Waals surface area contributed by atoms with E-state index in [-0.39, 0.29) is 11.4 Å². The number of aromatic nitrogens is 1. The molecule has 0 aliphatic carbocycles. The molecule has 0 N–H and O–H groups in total. The van der Waals surface area contributed by atoms with Crippen LogP contribution in [0.15, 0.2) is 88.2 Å². The number of rotatable bonds is 7. The molecule has 0 bridgehead atoms. The van der Waals surface area contributed by atoms with Crippen molar-refractivity contribution in [2.45, 2.75) is 25.3 Å². The number of hydrogen-bond donors (Lipinski definition) is 0. The number of methoxy groups -OCH3 is 1. The summed E-state index contributed by atoms with van der Waals surface area (Å²) in [6.07, 6.45) is 0. The molecule has 0 spiro atoms. The number of para-hydroxylation sites is 2. The molecule has 0 aliphatic rings. The van der Waals surface area contributed by atoms with Crippen LogP contribution in [-0.2, 0) is 16.6 Å². The molecule has 164 valence electrons. The van der Waals surface area contributed by atoms with Gasteiger partial charge in [-0.25, -0.2) is 13.4 Å². The number of oxazole rings is 1. The van der Waals surface area contributed by atoms with Gasteiger partial charge in [0.2, 0.25) is 5.89 Å². The molecule has 0 saturated carbocycles. The van der Waals surface area contributed by atoms with Gasteiger partial charge in [0.15, 0.2) is 0 Å². The topological polar surface area (TPSA) is 72.6 Å². The van der Waals surface area contributed by atoms with E-state index >= 15 is 0 Å². The monoisotopic (exact) mass is 448 g/mol. The van der Waals surface area contributed by atoms with Crippen molar-refractivity contribution in [1.82, 2.24) is 4.98 Å². The zero-order valence-electron chi connectivity index (χ0n) is 18.1. The fourth-order valence-corrected chi connectivity index (χ4v) is 4.84. The van der Waals surface area contributed by atoms with Crippen molar-refractivity contribution >= 4 is 15.7 Å². The van der Waals surface area contributed by atoms with Crippen LogP contribution in [0.5, 0.6) is 5.75 Å². The lowest BCUT2D eigenvalue weighted by atomic mass is 10.1. The molecule has 32 heavy (non-hydrogen) atoms. The number of hydrogen-bond acceptors (Lipinski definition) is 5. The van der Waals surface area contributed by atoms with Crippen LogP contribution >= 0.6 is 0 Å². The van der Waals surface area contributed by atoms with Gasteiger partial charge in [0.05, 0.1) is 24.2 Å². The second kappa shape index (κ2) is 8.88. The molecular weight excluding hydrogens is 424 g/mol. The van der Waals surface area contributed by atoms with Crippen molar-refractivity contribution in [3.05, 3.63) is 95.9 Å². The second-order valence-electron chi connectivity index (χ2n) is 7.38. The van der Waals surface area contributed by atoms with Crippen molar-refractivity contribution in [3.63, 3.8) is 0 Å². The average Bonchev–Trinajstić information content (AvgIpc) is 3.18. The molecule has 1 heterocycles. The summed E-state index contributed by atoms with van der Waals surface area (Å²) in [5, 5.41) is 0. The summed E-state index contributed by atoms with van der Waals surface area (Å²) in [6.45, 7) is 3.80. The van der Waals surface area contributed by atoms with Crippen molar-refractivity contribution in [2.75, 3.05) is 11.4 Å². The summed E-state index contributed by atoms with van der Waals surface area (Å²) < 4.78 is 39.9. The molecule has 1 aromatic heterocycles. The van der Waals surface area contributed by atoms with Crippen LogP contribution in [-0.4, -0.2) is 20.5 Å². The van der Waals surface area contributed by atoms with Gasteiger partial charge in [-0.05, 0) is 50.2 Å². The zero-order valence-corrected chi connectivity index (χ0v) is 19.0. The van der Waals surface area contributed by atoms with Crippen molar-refractivity contribution in [3.8, 4) is 17.2 Å². The van der Waals surface area contributed by atoms with Gasteiger partial charge in [-0.15, -0.1) is 0 Å².